The molecule has 0 radical (unpaired) electrons. The summed E-state index contributed by atoms with van der Waals surface area (Å²) in [5, 5.41) is 0. The number of likely N-dealkylation sites (N-methyl/N-ethyl adjacent to an activating group) is 1. The molecular formula is C47H79NO8P+. The molecule has 0 rings (SSSR count). The average Bonchev–Trinajstić information content (AvgIpc) is 3.22. The summed E-state index contributed by atoms with van der Waals surface area (Å²) in [6.07, 6.45) is 47.8. The molecule has 57 heavy (non-hydrogen) atoms. The van der Waals surface area contributed by atoms with Crippen LogP contribution in [0.25, 0.3) is 0 Å². The van der Waals surface area contributed by atoms with Crippen LogP contribution in [0.1, 0.15) is 148 Å². The molecule has 0 aromatic carbocycles. The van der Waals surface area contributed by atoms with Gasteiger partial charge in [-0.2, -0.15) is 0 Å². The zero-order valence-electron chi connectivity index (χ0n) is 43.8. The lowest BCUT2D eigenvalue weighted by Gasteiger charge is -2.24. The molecule has 1 unspecified atom stereocenters. The van der Waals surface area contributed by atoms with Crippen molar-refractivity contribution in [2.75, 3.05) is 47.3 Å². The molecule has 0 aliphatic heterocycles. The number of hydrogen-bond acceptors (Lipinski definition) is 7. The van der Waals surface area contributed by atoms with Gasteiger partial charge in [-0.05, 0) is 83.5 Å². The number of nitrogens with zero attached hydrogens (tertiary/aromatic N) is 1. The van der Waals surface area contributed by atoms with Crippen molar-refractivity contribution in [3.63, 3.8) is 0 Å². The topological polar surface area (TPSA) is 108 Å². The highest BCUT2D eigenvalue weighted by Gasteiger charge is 2.27. The van der Waals surface area contributed by atoms with E-state index in [1.54, 1.807) is 0 Å². The second-order valence-corrected chi connectivity index (χ2v) is 15.0. The molecule has 0 saturated heterocycles. The standard InChI is InChI=1S/C47H78NO8P/c1-6-8-10-12-14-16-18-20-22-24-26-28-30-32-34-36-38-40-47(50)56-45(44-55-57(51,52)54-42-41-48(3,4)5)43-53-46(49)39-37-35-33-31-29-27-25-23-21-19-17-15-13-11-9-7-2/h14-17,20-23,26-29,32-35,45H,6-13,18-19,24-25,30-31,36-44H2,1-5H3/p+1/b16-14-,17-15-,22-20-,23-21-,28-26-,29-27-,34-32-,35-33-/t45-/m1/s1/i3D3,4D3,5D3. The molecule has 0 aliphatic rings. The van der Waals surface area contributed by atoms with Crippen LogP contribution in [0.15, 0.2) is 97.2 Å². The molecule has 0 aromatic rings. The lowest BCUT2D eigenvalue weighted by Crippen LogP contribution is -2.37. The first-order chi connectivity index (χ1) is 31.2. The van der Waals surface area contributed by atoms with Crippen LogP contribution in [-0.2, 0) is 32.7 Å². The van der Waals surface area contributed by atoms with Gasteiger partial charge < -0.3 is 18.9 Å². The molecule has 0 spiro atoms. The lowest BCUT2D eigenvalue weighted by molar-refractivity contribution is -0.870. The summed E-state index contributed by atoms with van der Waals surface area (Å²) in [7, 11) is -5.12. The van der Waals surface area contributed by atoms with E-state index in [4.69, 9.17) is 30.9 Å². The van der Waals surface area contributed by atoms with Crippen molar-refractivity contribution < 1.29 is 54.4 Å². The van der Waals surface area contributed by atoms with Crippen LogP contribution in [-0.4, -0.2) is 74.7 Å². The minimum atomic E-state index is -5.12. The van der Waals surface area contributed by atoms with Crippen LogP contribution in [0.2, 0.25) is 0 Å². The third-order valence-electron chi connectivity index (χ3n) is 8.01. The number of allylic oxidation sites excluding steroid dienone is 16. The number of rotatable bonds is 37. The number of phosphoric ester groups is 1. The summed E-state index contributed by atoms with van der Waals surface area (Å²) >= 11 is 0. The predicted molar refractivity (Wildman–Crippen MR) is 238 cm³/mol. The minimum absolute atomic E-state index is 0.00356. The first-order valence-corrected chi connectivity index (χ1v) is 22.3. The van der Waals surface area contributed by atoms with Crippen LogP contribution in [0.3, 0.4) is 0 Å². The van der Waals surface area contributed by atoms with Crippen LogP contribution in [0.5, 0.6) is 0 Å². The second kappa shape index (κ2) is 38.4. The van der Waals surface area contributed by atoms with Gasteiger partial charge in [0.2, 0.25) is 0 Å². The number of carbonyl (C=O) groups is 2. The molecule has 0 amide bonds. The molecule has 324 valence electrons. The Morgan fingerprint density at radius 1 is 0.579 bits per heavy atom. The molecule has 10 heteroatoms. The Labute approximate surface area is 360 Å². The van der Waals surface area contributed by atoms with Crippen molar-refractivity contribution >= 4 is 19.8 Å². The normalized spacial score (nSPS) is 17.6. The van der Waals surface area contributed by atoms with E-state index in [-0.39, 0.29) is 12.8 Å². The quantitative estimate of drug-likeness (QED) is 0.0217. The molecule has 0 heterocycles. The highest BCUT2D eigenvalue weighted by Crippen LogP contribution is 2.43. The number of esters is 2. The largest absolute Gasteiger partial charge is 0.472 e. The van der Waals surface area contributed by atoms with Gasteiger partial charge >= 0.3 is 19.8 Å². The summed E-state index contributed by atoms with van der Waals surface area (Å²) in [6, 6.07) is 0. The summed E-state index contributed by atoms with van der Waals surface area (Å²) < 4.78 is 100. The lowest BCUT2D eigenvalue weighted by atomic mass is 10.2. The van der Waals surface area contributed by atoms with Gasteiger partial charge in [-0.1, -0.05) is 137 Å². The average molecular weight is 826 g/mol. The maximum absolute atomic E-state index is 12.8. The van der Waals surface area contributed by atoms with Gasteiger partial charge in [0.05, 0.1) is 39.9 Å². The number of carbonyl (C=O) groups excluding carboxylic acids is 2. The molecule has 1 N–H and O–H groups in total. The third-order valence-corrected chi connectivity index (χ3v) is 9.00. The van der Waals surface area contributed by atoms with Gasteiger partial charge in [0, 0.05) is 12.8 Å². The zero-order chi connectivity index (χ0) is 49.6. The Morgan fingerprint density at radius 3 is 1.47 bits per heavy atom. The number of unbranched alkanes of at least 4 members (excludes halogenated alkanes) is 7. The van der Waals surface area contributed by atoms with Crippen molar-refractivity contribution in [3.05, 3.63) is 97.2 Å². The fourth-order valence-electron chi connectivity index (χ4n) is 4.81. The van der Waals surface area contributed by atoms with Gasteiger partial charge in [-0.15, -0.1) is 0 Å². The molecular weight excluding hydrogens is 737 g/mol. The number of ether oxygens (including phenoxy) is 2. The minimum Gasteiger partial charge on any atom is -0.462 e. The second-order valence-electron chi connectivity index (χ2n) is 13.5. The Kier molecular flexibility index (Phi) is 26.6. The molecule has 0 fully saturated rings. The number of phosphoric acid groups is 1. The van der Waals surface area contributed by atoms with Crippen LogP contribution in [0.4, 0.5) is 0 Å². The number of quaternary nitrogens is 1. The van der Waals surface area contributed by atoms with E-state index < -0.39 is 77.6 Å². The first kappa shape index (κ1) is 39.4. The van der Waals surface area contributed by atoms with Gasteiger partial charge in [-0.3, -0.25) is 18.6 Å². The number of hydrogen-bond donors (Lipinski definition) is 1. The highest BCUT2D eigenvalue weighted by molar-refractivity contribution is 7.47. The van der Waals surface area contributed by atoms with E-state index in [2.05, 4.69) is 80.7 Å². The predicted octanol–water partition coefficient (Wildman–Crippen LogP) is 12.2. The molecule has 0 bridgehead atoms. The fraction of sp³-hybridized carbons (Fsp3) is 0.617. The molecule has 0 saturated carbocycles. The van der Waals surface area contributed by atoms with Crippen molar-refractivity contribution in [1.82, 2.24) is 0 Å². The van der Waals surface area contributed by atoms with Crippen LogP contribution < -0.4 is 0 Å². The zero-order valence-corrected chi connectivity index (χ0v) is 35.7. The van der Waals surface area contributed by atoms with Crippen molar-refractivity contribution in [1.29, 1.82) is 0 Å². The first-order valence-electron chi connectivity index (χ1n) is 25.3. The van der Waals surface area contributed by atoms with Gasteiger partial charge in [0.25, 0.3) is 0 Å². The highest BCUT2D eigenvalue weighted by atomic mass is 31.2. The van der Waals surface area contributed by atoms with Gasteiger partial charge in [0.15, 0.2) is 6.10 Å². The van der Waals surface area contributed by atoms with Crippen molar-refractivity contribution in [2.45, 2.75) is 142 Å². The maximum atomic E-state index is 12.8. The Hall–Kier alpha value is -3.07. The van der Waals surface area contributed by atoms with Gasteiger partial charge in [-0.25, -0.2) is 4.57 Å². The van der Waals surface area contributed by atoms with Crippen LogP contribution >= 0.6 is 7.82 Å². The van der Waals surface area contributed by atoms with Crippen molar-refractivity contribution in [2.24, 2.45) is 0 Å². The molecule has 0 aromatic heterocycles. The summed E-state index contributed by atoms with van der Waals surface area (Å²) in [5.41, 5.74) is 0. The fourth-order valence-corrected chi connectivity index (χ4v) is 5.56. The molecule has 0 aliphatic carbocycles. The monoisotopic (exact) mass is 826 g/mol. The Bertz CT molecular complexity index is 1560. The molecule has 2 atom stereocenters. The maximum Gasteiger partial charge on any atom is 0.472 e. The summed E-state index contributed by atoms with van der Waals surface area (Å²) in [4.78, 5) is 35.7. The summed E-state index contributed by atoms with van der Waals surface area (Å²) in [5.74, 6) is -1.32. The van der Waals surface area contributed by atoms with Crippen LogP contribution in [0, 0.1) is 0 Å². The van der Waals surface area contributed by atoms with E-state index in [1.807, 2.05) is 30.4 Å². The van der Waals surface area contributed by atoms with E-state index in [1.165, 1.54) is 38.5 Å². The van der Waals surface area contributed by atoms with Crippen molar-refractivity contribution in [3.8, 4) is 0 Å². The SMILES string of the molecule is [2H]C([2H])([2H])[N+](CCOP(=O)(O)OC[C@@H](COC(=O)CC/C=C\C/C=C\C/C=C\C/C=C\CCCCC)OC(=O)CCC/C=C\C/C=C\C/C=C\C/C=C\CCCCC)(C([2H])([2H])[2H])C([2H])([2H])[2H]. The van der Waals surface area contributed by atoms with Gasteiger partial charge in [0.1, 0.15) is 19.8 Å². The van der Waals surface area contributed by atoms with E-state index in [0.29, 0.717) is 25.7 Å². The van der Waals surface area contributed by atoms with E-state index in [0.717, 1.165) is 44.9 Å². The summed E-state index contributed by atoms with van der Waals surface area (Å²) in [6.45, 7) is -10.1. The van der Waals surface area contributed by atoms with E-state index >= 15 is 0 Å². The Morgan fingerprint density at radius 2 is 1.02 bits per heavy atom. The molecule has 9 nitrogen and oxygen atoms in total. The smallest absolute Gasteiger partial charge is 0.462 e. The third kappa shape index (κ3) is 42.4. The van der Waals surface area contributed by atoms with E-state index in [9.17, 15) is 19.0 Å². The Balaban J connectivity index is 5.19.